The van der Waals surface area contributed by atoms with E-state index in [2.05, 4.69) is 65.7 Å². The second-order valence-electron chi connectivity index (χ2n) is 4.71. The second-order valence-corrected chi connectivity index (χ2v) is 10.1. The van der Waals surface area contributed by atoms with Gasteiger partial charge in [0.15, 0.2) is 0 Å². The molecule has 0 saturated heterocycles. The topological polar surface area (TPSA) is 0 Å². The molecule has 0 aliphatic heterocycles. The third-order valence-corrected chi connectivity index (χ3v) is 1.03. The normalized spacial score (nSPS) is 9.90. The van der Waals surface area contributed by atoms with E-state index >= 15 is 0 Å². The number of hydrogen-bond acceptors (Lipinski definition) is 0. The summed E-state index contributed by atoms with van der Waals surface area (Å²) in [6.07, 6.45) is 12.0. The minimum Gasteiger partial charge on any atom is -0.116 e. The standard InChI is InChI=1S/C6H10.C5H5.2C3H9P.V/c1-3-5-6-4-2;1-2-4-5-3-1;2*1-4(2)3;/h3-4H2,1-2H3;1-5H;2*1-3H3;. The van der Waals surface area contributed by atoms with Crippen LogP contribution in [-0.2, 0) is 18.6 Å². The fraction of sp³-hybridized carbons (Fsp3) is 0.588. The first-order valence-electron chi connectivity index (χ1n) is 6.72. The molecule has 0 amide bonds. The van der Waals surface area contributed by atoms with Gasteiger partial charge in [0.2, 0.25) is 0 Å². The van der Waals surface area contributed by atoms with E-state index in [1.165, 1.54) is 0 Å². The first-order valence-corrected chi connectivity index (χ1v) is 12.1. The van der Waals surface area contributed by atoms with Crippen molar-refractivity contribution in [2.45, 2.75) is 26.7 Å². The molecule has 0 spiro atoms. The van der Waals surface area contributed by atoms with Crippen LogP contribution >= 0.6 is 15.8 Å². The molecule has 0 bridgehead atoms. The Morgan fingerprint density at radius 2 is 0.900 bits per heavy atom. The van der Waals surface area contributed by atoms with Crippen LogP contribution in [0.1, 0.15) is 26.7 Å². The van der Waals surface area contributed by atoms with Gasteiger partial charge in [-0.2, -0.15) is 0 Å². The van der Waals surface area contributed by atoms with Gasteiger partial charge >= 0.3 is 0 Å². The van der Waals surface area contributed by atoms with Gasteiger partial charge in [0.25, 0.3) is 0 Å². The first kappa shape index (κ1) is 28.6. The summed E-state index contributed by atoms with van der Waals surface area (Å²) in [5.74, 6) is 5.90. The van der Waals surface area contributed by atoms with Gasteiger partial charge in [-0.25, -0.2) is 0 Å². The maximum atomic E-state index is 2.95. The molecule has 0 atom stereocenters. The zero-order valence-electron chi connectivity index (χ0n) is 14.6. The molecule has 0 nitrogen and oxygen atoms in total. The summed E-state index contributed by atoms with van der Waals surface area (Å²) >= 11 is 0. The number of rotatable bonds is 0. The molecule has 0 aromatic rings. The Hall–Kier alpha value is 0.484. The molecule has 3 heteroatoms. The third kappa shape index (κ3) is 78.5. The van der Waals surface area contributed by atoms with Gasteiger partial charge in [-0.1, -0.05) is 38.2 Å². The molecular weight excluding hydrogens is 317 g/mol. The molecule has 0 aromatic carbocycles. The molecular formula is C17H33P2V. The van der Waals surface area contributed by atoms with Crippen molar-refractivity contribution in [3.8, 4) is 11.8 Å². The summed E-state index contributed by atoms with van der Waals surface area (Å²) in [6.45, 7) is 17.5. The maximum Gasteiger partial charge on any atom is 0.00602 e. The Kier molecular flexibility index (Phi) is 39.7. The van der Waals surface area contributed by atoms with Crippen LogP contribution in [0.25, 0.3) is 0 Å². The quantitative estimate of drug-likeness (QED) is 0.380. The molecule has 20 heavy (non-hydrogen) atoms. The fourth-order valence-corrected chi connectivity index (χ4v) is 0.571. The van der Waals surface area contributed by atoms with E-state index in [9.17, 15) is 0 Å². The Labute approximate surface area is 143 Å². The van der Waals surface area contributed by atoms with Crippen molar-refractivity contribution < 1.29 is 18.6 Å². The van der Waals surface area contributed by atoms with Gasteiger partial charge in [-0.3, -0.25) is 0 Å². The van der Waals surface area contributed by atoms with Gasteiger partial charge in [0.1, 0.15) is 0 Å². The van der Waals surface area contributed by atoms with Crippen molar-refractivity contribution in [1.82, 2.24) is 0 Å². The molecule has 1 aliphatic carbocycles. The zero-order chi connectivity index (χ0) is 15.5. The minimum absolute atomic E-state index is 0. The van der Waals surface area contributed by atoms with E-state index in [0.717, 1.165) is 12.8 Å². The van der Waals surface area contributed by atoms with Crippen LogP contribution in [0.4, 0.5) is 0 Å². The molecule has 1 rings (SSSR count). The van der Waals surface area contributed by atoms with E-state index in [0.29, 0.717) is 15.8 Å². The smallest absolute Gasteiger partial charge is 0.00602 e. The SMILES string of the molecule is CCC#CCC.CP(C)C.CP(C)C.[CH]1C=CC=C1.[V]. The molecule has 0 N–H and O–H groups in total. The van der Waals surface area contributed by atoms with Crippen LogP contribution in [-0.4, -0.2) is 40.0 Å². The predicted molar refractivity (Wildman–Crippen MR) is 100 cm³/mol. The van der Waals surface area contributed by atoms with Crippen LogP contribution < -0.4 is 0 Å². The molecule has 0 heterocycles. The van der Waals surface area contributed by atoms with Crippen LogP contribution in [0, 0.1) is 18.3 Å². The Morgan fingerprint density at radius 3 is 1.00 bits per heavy atom. The number of allylic oxidation sites excluding steroid dienone is 4. The van der Waals surface area contributed by atoms with E-state index < -0.39 is 0 Å². The monoisotopic (exact) mass is 350 g/mol. The zero-order valence-corrected chi connectivity index (χ0v) is 17.8. The Morgan fingerprint density at radius 1 is 0.650 bits per heavy atom. The van der Waals surface area contributed by atoms with Crippen molar-refractivity contribution in [2.24, 2.45) is 0 Å². The Balaban J connectivity index is -0.0000000852. The van der Waals surface area contributed by atoms with Crippen LogP contribution in [0.3, 0.4) is 0 Å². The summed E-state index contributed by atoms with van der Waals surface area (Å²) < 4.78 is 0. The van der Waals surface area contributed by atoms with E-state index in [4.69, 9.17) is 0 Å². The van der Waals surface area contributed by atoms with Crippen molar-refractivity contribution >= 4 is 15.8 Å². The van der Waals surface area contributed by atoms with Gasteiger partial charge in [0.05, 0.1) is 0 Å². The van der Waals surface area contributed by atoms with Crippen molar-refractivity contribution in [2.75, 3.05) is 40.0 Å². The van der Waals surface area contributed by atoms with Gasteiger partial charge in [0, 0.05) is 37.8 Å². The average Bonchev–Trinajstić information content (AvgIpc) is 2.83. The van der Waals surface area contributed by atoms with Crippen LogP contribution in [0.2, 0.25) is 0 Å². The first-order chi connectivity index (χ1) is 8.88. The Bertz CT molecular complexity index is 228. The molecule has 1 aliphatic rings. The summed E-state index contributed by atoms with van der Waals surface area (Å²) in [6, 6.07) is 0. The predicted octanol–water partition coefficient (Wildman–Crippen LogP) is 5.84. The fourth-order valence-electron chi connectivity index (χ4n) is 0.571. The number of hydrogen-bond donors (Lipinski definition) is 0. The van der Waals surface area contributed by atoms with Crippen LogP contribution in [0.5, 0.6) is 0 Å². The summed E-state index contributed by atoms with van der Waals surface area (Å²) in [5.41, 5.74) is 0. The van der Waals surface area contributed by atoms with Crippen molar-refractivity contribution in [1.29, 1.82) is 0 Å². The van der Waals surface area contributed by atoms with E-state index in [1.807, 2.05) is 30.7 Å². The van der Waals surface area contributed by atoms with E-state index in [-0.39, 0.29) is 18.6 Å². The third-order valence-electron chi connectivity index (χ3n) is 1.03. The molecule has 0 fully saturated rings. The molecule has 0 saturated carbocycles. The molecule has 116 valence electrons. The molecule has 0 aromatic heterocycles. The second kappa shape index (κ2) is 27.8. The summed E-state index contributed by atoms with van der Waals surface area (Å²) in [4.78, 5) is 0. The summed E-state index contributed by atoms with van der Waals surface area (Å²) in [5, 5.41) is 0. The largest absolute Gasteiger partial charge is 0.116 e. The van der Waals surface area contributed by atoms with Crippen molar-refractivity contribution in [3.05, 3.63) is 30.7 Å². The van der Waals surface area contributed by atoms with Gasteiger partial charge in [-0.15, -0.1) is 27.7 Å². The van der Waals surface area contributed by atoms with Gasteiger partial charge < -0.3 is 0 Å². The van der Waals surface area contributed by atoms with E-state index in [1.54, 1.807) is 0 Å². The minimum atomic E-state index is 0. The molecule has 2 radical (unpaired) electrons. The van der Waals surface area contributed by atoms with Crippen LogP contribution in [0.15, 0.2) is 24.3 Å². The van der Waals surface area contributed by atoms with Gasteiger partial charge in [-0.05, 0) is 40.0 Å². The average molecular weight is 350 g/mol. The maximum absolute atomic E-state index is 2.95. The van der Waals surface area contributed by atoms with Crippen molar-refractivity contribution in [3.63, 3.8) is 0 Å². The summed E-state index contributed by atoms with van der Waals surface area (Å²) in [7, 11) is 0.759. The molecule has 0 unspecified atom stereocenters.